The fourth-order valence-corrected chi connectivity index (χ4v) is 3.15. The molecule has 4 heteroatoms. The van der Waals surface area contributed by atoms with Crippen LogP contribution in [0.25, 0.3) is 0 Å². The van der Waals surface area contributed by atoms with E-state index in [1.54, 1.807) is 6.07 Å². The molecule has 0 bridgehead atoms. The average molecular weight is 276 g/mol. The van der Waals surface area contributed by atoms with E-state index in [1.807, 2.05) is 0 Å². The Hall–Kier alpha value is -1.68. The minimum atomic E-state index is -1.03. The van der Waals surface area contributed by atoms with Gasteiger partial charge < -0.3 is 9.52 Å². The van der Waals surface area contributed by atoms with Crippen LogP contribution in [0.4, 0.5) is 0 Å². The standard InChI is InChI=1S/C15H16O3S/c1-9-6-10(2)12(11(3)7-9)8-19-14-5-4-13(18-14)15(16)17/h4-7H,8H2,1-3H3,(H,16,17). The van der Waals surface area contributed by atoms with Crippen molar-refractivity contribution in [2.45, 2.75) is 31.6 Å². The van der Waals surface area contributed by atoms with Crippen LogP contribution < -0.4 is 0 Å². The number of thioether (sulfide) groups is 1. The molecule has 0 atom stereocenters. The highest BCUT2D eigenvalue weighted by Crippen LogP contribution is 2.28. The molecule has 0 fully saturated rings. The summed E-state index contributed by atoms with van der Waals surface area (Å²) in [7, 11) is 0. The number of hydrogen-bond donors (Lipinski definition) is 1. The highest BCUT2D eigenvalue weighted by Gasteiger charge is 2.10. The maximum Gasteiger partial charge on any atom is 0.371 e. The Morgan fingerprint density at radius 1 is 1.21 bits per heavy atom. The number of aryl methyl sites for hydroxylation is 3. The molecule has 1 aromatic heterocycles. The first-order valence-electron chi connectivity index (χ1n) is 6.00. The molecule has 0 saturated carbocycles. The molecular formula is C15H16O3S. The van der Waals surface area contributed by atoms with Crippen molar-refractivity contribution in [3.8, 4) is 0 Å². The zero-order valence-corrected chi connectivity index (χ0v) is 12.0. The van der Waals surface area contributed by atoms with E-state index >= 15 is 0 Å². The van der Waals surface area contributed by atoms with Crippen molar-refractivity contribution in [2.24, 2.45) is 0 Å². The van der Waals surface area contributed by atoms with Crippen molar-refractivity contribution in [3.05, 3.63) is 52.3 Å². The third-order valence-corrected chi connectivity index (χ3v) is 3.93. The molecule has 2 aromatic rings. The lowest BCUT2D eigenvalue weighted by molar-refractivity contribution is 0.0656. The number of benzene rings is 1. The normalized spacial score (nSPS) is 10.7. The average Bonchev–Trinajstić information content (AvgIpc) is 2.76. The van der Waals surface area contributed by atoms with E-state index in [2.05, 4.69) is 32.9 Å². The Morgan fingerprint density at radius 2 is 1.84 bits per heavy atom. The van der Waals surface area contributed by atoms with E-state index in [9.17, 15) is 4.79 Å². The number of carbonyl (C=O) groups is 1. The molecule has 0 aliphatic carbocycles. The number of rotatable bonds is 4. The van der Waals surface area contributed by atoms with Gasteiger partial charge in [-0.1, -0.05) is 29.5 Å². The van der Waals surface area contributed by atoms with Crippen LogP contribution in [-0.2, 0) is 5.75 Å². The van der Waals surface area contributed by atoms with Gasteiger partial charge in [-0.15, -0.1) is 0 Å². The van der Waals surface area contributed by atoms with Gasteiger partial charge in [0.05, 0.1) is 0 Å². The molecule has 1 heterocycles. The summed E-state index contributed by atoms with van der Waals surface area (Å²) < 4.78 is 5.23. The van der Waals surface area contributed by atoms with Gasteiger partial charge in [-0.05, 0) is 49.6 Å². The maximum absolute atomic E-state index is 10.7. The number of carboxylic acids is 1. The van der Waals surface area contributed by atoms with Gasteiger partial charge in [0.25, 0.3) is 0 Å². The Morgan fingerprint density at radius 3 is 2.37 bits per heavy atom. The van der Waals surface area contributed by atoms with Crippen molar-refractivity contribution < 1.29 is 14.3 Å². The zero-order valence-electron chi connectivity index (χ0n) is 11.2. The largest absolute Gasteiger partial charge is 0.475 e. The molecule has 0 aliphatic rings. The monoisotopic (exact) mass is 276 g/mol. The van der Waals surface area contributed by atoms with E-state index in [1.165, 1.54) is 40.1 Å². The predicted octanol–water partition coefficient (Wildman–Crippen LogP) is 4.20. The van der Waals surface area contributed by atoms with E-state index in [4.69, 9.17) is 9.52 Å². The van der Waals surface area contributed by atoms with Crippen molar-refractivity contribution in [1.82, 2.24) is 0 Å². The van der Waals surface area contributed by atoms with Crippen LogP contribution in [0.2, 0.25) is 0 Å². The highest BCUT2D eigenvalue weighted by molar-refractivity contribution is 7.98. The van der Waals surface area contributed by atoms with Crippen molar-refractivity contribution in [2.75, 3.05) is 0 Å². The Balaban J connectivity index is 2.12. The van der Waals surface area contributed by atoms with E-state index in [0.717, 1.165) is 5.75 Å². The zero-order chi connectivity index (χ0) is 14.0. The van der Waals surface area contributed by atoms with Crippen LogP contribution >= 0.6 is 11.8 Å². The van der Waals surface area contributed by atoms with Gasteiger partial charge in [0, 0.05) is 5.75 Å². The fraction of sp³-hybridized carbons (Fsp3) is 0.267. The number of carboxylic acid groups (broad SMARTS) is 1. The van der Waals surface area contributed by atoms with E-state index < -0.39 is 5.97 Å². The van der Waals surface area contributed by atoms with E-state index in [-0.39, 0.29) is 5.76 Å². The molecule has 0 aliphatic heterocycles. The van der Waals surface area contributed by atoms with Gasteiger partial charge in [0.15, 0.2) is 5.09 Å². The molecule has 1 aromatic carbocycles. The molecule has 0 amide bonds. The smallest absolute Gasteiger partial charge is 0.371 e. The van der Waals surface area contributed by atoms with Gasteiger partial charge in [0.2, 0.25) is 5.76 Å². The molecule has 3 nitrogen and oxygen atoms in total. The first kappa shape index (κ1) is 13.7. The first-order chi connectivity index (χ1) is 8.97. The molecule has 1 N–H and O–H groups in total. The lowest BCUT2D eigenvalue weighted by Gasteiger charge is -2.10. The topological polar surface area (TPSA) is 50.4 Å². The Labute approximate surface area is 116 Å². The summed E-state index contributed by atoms with van der Waals surface area (Å²) in [4.78, 5) is 10.7. The van der Waals surface area contributed by atoms with E-state index in [0.29, 0.717) is 5.09 Å². The molecular weight excluding hydrogens is 260 g/mol. The summed E-state index contributed by atoms with van der Waals surface area (Å²) in [6.07, 6.45) is 0. The third kappa shape index (κ3) is 3.20. The minimum absolute atomic E-state index is 0.0140. The number of furan rings is 1. The molecule has 0 spiro atoms. The highest BCUT2D eigenvalue weighted by atomic mass is 32.2. The number of hydrogen-bond acceptors (Lipinski definition) is 3. The van der Waals surface area contributed by atoms with Crippen LogP contribution in [0.3, 0.4) is 0 Å². The first-order valence-corrected chi connectivity index (χ1v) is 6.98. The molecule has 19 heavy (non-hydrogen) atoms. The van der Waals surface area contributed by atoms with Gasteiger partial charge in [-0.3, -0.25) is 0 Å². The lowest BCUT2D eigenvalue weighted by atomic mass is 10.0. The molecule has 2 rings (SSSR count). The predicted molar refractivity (Wildman–Crippen MR) is 75.9 cm³/mol. The Kier molecular flexibility index (Phi) is 4.00. The SMILES string of the molecule is Cc1cc(C)c(CSc2ccc(C(=O)O)o2)c(C)c1. The quantitative estimate of drug-likeness (QED) is 0.850. The second-order valence-corrected chi connectivity index (χ2v) is 5.57. The summed E-state index contributed by atoms with van der Waals surface area (Å²) >= 11 is 1.52. The number of aromatic carboxylic acids is 1. The van der Waals surface area contributed by atoms with Crippen molar-refractivity contribution in [3.63, 3.8) is 0 Å². The van der Waals surface area contributed by atoms with Crippen molar-refractivity contribution in [1.29, 1.82) is 0 Å². The molecule has 100 valence electrons. The Bertz CT molecular complexity index is 591. The van der Waals surface area contributed by atoms with Crippen LogP contribution in [0, 0.1) is 20.8 Å². The third-order valence-electron chi connectivity index (χ3n) is 2.99. The second-order valence-electron chi connectivity index (χ2n) is 4.59. The molecule has 0 radical (unpaired) electrons. The van der Waals surface area contributed by atoms with Crippen LogP contribution in [0.5, 0.6) is 0 Å². The summed E-state index contributed by atoms with van der Waals surface area (Å²) in [5, 5.41) is 9.44. The van der Waals surface area contributed by atoms with Crippen LogP contribution in [0.1, 0.15) is 32.8 Å². The maximum atomic E-state index is 10.7. The summed E-state index contributed by atoms with van der Waals surface area (Å²) in [6, 6.07) is 7.51. The second kappa shape index (κ2) is 5.53. The summed E-state index contributed by atoms with van der Waals surface area (Å²) in [5.41, 5.74) is 5.06. The molecule has 0 saturated heterocycles. The van der Waals surface area contributed by atoms with Crippen LogP contribution in [0.15, 0.2) is 33.8 Å². The van der Waals surface area contributed by atoms with Crippen molar-refractivity contribution >= 4 is 17.7 Å². The summed E-state index contributed by atoms with van der Waals surface area (Å²) in [6.45, 7) is 6.28. The van der Waals surface area contributed by atoms with Gasteiger partial charge in [-0.2, -0.15) is 0 Å². The van der Waals surface area contributed by atoms with Crippen LogP contribution in [-0.4, -0.2) is 11.1 Å². The van der Waals surface area contributed by atoms with Gasteiger partial charge in [-0.25, -0.2) is 4.79 Å². The summed E-state index contributed by atoms with van der Waals surface area (Å²) in [5.74, 6) is -0.265. The van der Waals surface area contributed by atoms with Gasteiger partial charge >= 0.3 is 5.97 Å². The fourth-order valence-electron chi connectivity index (χ4n) is 2.09. The van der Waals surface area contributed by atoms with Gasteiger partial charge in [0.1, 0.15) is 0 Å². The minimum Gasteiger partial charge on any atom is -0.475 e. The molecule has 0 unspecified atom stereocenters. The lowest BCUT2D eigenvalue weighted by Crippen LogP contribution is -1.93.